The van der Waals surface area contributed by atoms with Gasteiger partial charge in [-0.1, -0.05) is 51.5 Å². The summed E-state index contributed by atoms with van der Waals surface area (Å²) >= 11 is 0. The first-order valence-corrected chi connectivity index (χ1v) is 22.8. The molecule has 2 aliphatic heterocycles. The van der Waals surface area contributed by atoms with Crippen molar-refractivity contribution in [3.63, 3.8) is 0 Å². The van der Waals surface area contributed by atoms with Crippen molar-refractivity contribution in [3.05, 3.63) is 0 Å². The molecular weight excluding hydrogens is 829 g/mol. The van der Waals surface area contributed by atoms with Crippen LogP contribution in [0.4, 0.5) is 0 Å². The zero-order valence-corrected chi connectivity index (χ0v) is 37.0. The number of carbonyl (C=O) groups excluding carboxylic acids is 5. The molecule has 0 spiro atoms. The van der Waals surface area contributed by atoms with Crippen LogP contribution in [0.1, 0.15) is 222 Å². The molecule has 2 heterocycles. The topological polar surface area (TPSA) is 161 Å². The molecule has 10 rings (SSSR count). The van der Waals surface area contributed by atoms with E-state index in [2.05, 4.69) is 0 Å². The lowest BCUT2D eigenvalue weighted by molar-refractivity contribution is -0.234. The maximum Gasteiger partial charge on any atom is 0.351 e. The van der Waals surface area contributed by atoms with E-state index in [0.29, 0.717) is 70.8 Å². The first-order valence-electron chi connectivity index (χ1n) is 22.8. The average Bonchev–Trinajstić information content (AvgIpc) is 3.30. The van der Waals surface area contributed by atoms with Gasteiger partial charge in [0.25, 0.3) is 0 Å². The van der Waals surface area contributed by atoms with Crippen LogP contribution < -0.4 is 0 Å². The largest absolute Gasteiger partial charge is 0.459 e. The predicted octanol–water partition coefficient (Wildman–Crippen LogP) is 11.6. The molecule has 1 N–H and O–H groups in total. The van der Waals surface area contributed by atoms with Gasteiger partial charge in [0.2, 0.25) is 11.9 Å². The van der Waals surface area contributed by atoms with Gasteiger partial charge < -0.3 is 33.5 Å². The minimum Gasteiger partial charge on any atom is -0.459 e. The van der Waals surface area contributed by atoms with Gasteiger partial charge in [-0.15, -0.1) is 0 Å². The fourth-order valence-electron chi connectivity index (χ4n) is 14.6. The van der Waals surface area contributed by atoms with Crippen molar-refractivity contribution in [1.82, 2.24) is 0 Å². The van der Waals surface area contributed by atoms with Crippen LogP contribution in [0.25, 0.3) is 0 Å². The summed E-state index contributed by atoms with van der Waals surface area (Å²) in [5, 5.41) is 11.6. The van der Waals surface area contributed by atoms with E-state index in [-0.39, 0.29) is 93.5 Å². The van der Waals surface area contributed by atoms with Gasteiger partial charge in [0.15, 0.2) is 0 Å². The Bertz CT molecular complexity index is 1720. The Morgan fingerprint density at radius 3 is 1.63 bits per heavy atom. The molecule has 12 heteroatoms. The Labute approximate surface area is 394 Å². The van der Waals surface area contributed by atoms with Crippen LogP contribution in [-0.4, -0.2) is 75.9 Å². The Kier molecular flexibility index (Phi) is 17.4. The molecule has 0 aromatic rings. The second-order valence-electron chi connectivity index (χ2n) is 23.4. The predicted molar refractivity (Wildman–Crippen MR) is 253 cm³/mol. The molecule has 0 aromatic carbocycles. The van der Waals surface area contributed by atoms with Gasteiger partial charge >= 0.3 is 29.8 Å². The first kappa shape index (κ1) is 58.4. The quantitative estimate of drug-likeness (QED) is 0.138. The van der Waals surface area contributed by atoms with Crippen LogP contribution in [-0.2, 0) is 52.4 Å². The molecule has 8 unspecified atom stereocenters. The lowest BCUT2D eigenvalue weighted by Gasteiger charge is -2.60. The van der Waals surface area contributed by atoms with E-state index < -0.39 is 79.8 Å². The van der Waals surface area contributed by atoms with E-state index in [9.17, 15) is 24.3 Å². The molecule has 0 aromatic heterocycles. The average molecular weight is 923 g/mol. The third-order valence-electron chi connectivity index (χ3n) is 16.2. The second kappa shape index (κ2) is 19.3. The highest BCUT2D eigenvalue weighted by molar-refractivity contribution is 5.88. The van der Waals surface area contributed by atoms with E-state index in [1.54, 1.807) is 41.5 Å². The number of ether oxygens (including phenoxy) is 6. The lowest BCUT2D eigenvalue weighted by atomic mass is 9.48. The van der Waals surface area contributed by atoms with Crippen molar-refractivity contribution in [1.29, 1.82) is 0 Å². The Morgan fingerprint density at radius 2 is 1.17 bits per heavy atom. The fraction of sp³-hybridized carbons (Fsp3) is 0.906. The molecule has 65 heavy (non-hydrogen) atoms. The fourth-order valence-corrected chi connectivity index (χ4v) is 14.6. The maximum absolute atomic E-state index is 15.1. The molecule has 10 fully saturated rings. The molecular formula is C53H94O12. The van der Waals surface area contributed by atoms with Gasteiger partial charge in [-0.2, -0.15) is 0 Å². The minimum absolute atomic E-state index is 0. The van der Waals surface area contributed by atoms with Gasteiger partial charge in [0.05, 0.1) is 33.9 Å². The van der Waals surface area contributed by atoms with Crippen LogP contribution in [0.3, 0.4) is 0 Å². The van der Waals surface area contributed by atoms with Crippen LogP contribution >= 0.6 is 0 Å². The van der Waals surface area contributed by atoms with Crippen molar-refractivity contribution >= 4 is 29.8 Å². The minimum atomic E-state index is -1.49. The van der Waals surface area contributed by atoms with Crippen LogP contribution in [0, 0.1) is 45.3 Å². The molecule has 2 saturated heterocycles. The number of carbonyl (C=O) groups is 5. The summed E-state index contributed by atoms with van der Waals surface area (Å²) in [7, 11) is 0. The maximum atomic E-state index is 15.1. The van der Waals surface area contributed by atoms with Crippen molar-refractivity contribution in [3.8, 4) is 0 Å². The van der Waals surface area contributed by atoms with Gasteiger partial charge in [-0.05, 0) is 168 Å². The molecule has 8 atom stereocenters. The molecule has 8 saturated carbocycles. The summed E-state index contributed by atoms with van der Waals surface area (Å²) in [5.41, 5.74) is -9.38. The van der Waals surface area contributed by atoms with Crippen molar-refractivity contribution in [2.75, 3.05) is 6.61 Å². The monoisotopic (exact) mass is 923 g/mol. The number of rotatable bonds is 13. The van der Waals surface area contributed by atoms with Crippen molar-refractivity contribution < 1.29 is 57.5 Å². The van der Waals surface area contributed by atoms with E-state index in [4.69, 9.17) is 28.4 Å². The van der Waals surface area contributed by atoms with Gasteiger partial charge in [0, 0.05) is 25.7 Å². The van der Waals surface area contributed by atoms with E-state index >= 15 is 4.79 Å². The summed E-state index contributed by atoms with van der Waals surface area (Å²) in [6.45, 7) is 14.6. The highest BCUT2D eigenvalue weighted by atomic mass is 16.7. The smallest absolute Gasteiger partial charge is 0.351 e. The Balaban J connectivity index is 0.00000242. The SMILES string of the molecule is C.C.C.C.C.C.CCC(C)(CC(C)(CC(C)(C)C(=O)OC1(C)CC(C)(C)OC1=O)C(=O)OC12CC3CC(CC(O)(C3)C1)C2)C(=O)OC12CC3CC(C1)CC(C(=O)OC1CCCCO1)(C3)C2. The normalized spacial score (nSPS) is 38.4. The summed E-state index contributed by atoms with van der Waals surface area (Å²) in [4.78, 5) is 71.1. The summed E-state index contributed by atoms with van der Waals surface area (Å²) in [6, 6.07) is 0. The number of esters is 5. The number of aliphatic hydroxyl groups is 1. The van der Waals surface area contributed by atoms with Gasteiger partial charge in [0.1, 0.15) is 16.8 Å². The summed E-state index contributed by atoms with van der Waals surface area (Å²) in [5.74, 6) is -1.41. The van der Waals surface area contributed by atoms with Crippen molar-refractivity contribution in [2.45, 2.75) is 256 Å². The first-order chi connectivity index (χ1) is 27.3. The highest BCUT2D eigenvalue weighted by Crippen LogP contribution is 2.64. The number of hydrogen-bond donors (Lipinski definition) is 1. The standard InChI is InChI=1S/C47H70O12.6CH4/c1-9-41(6,35(49)58-46-20-29-14-30(21-46)17-44(16-29,27-46)38(52)55-33-12-10-11-13-54-33)26-42(7,24-39(2,3)34(48)57-43(8)25-40(4,5)56-37(43)51)36(50)59-47-22-31-15-32(23-47)19-45(53,18-31)28-47;;;;;;/h29-33,53H,9-28H2,1-8H3;6*1H4. The molecule has 8 bridgehead atoms. The Hall–Kier alpha value is -2.73. The van der Waals surface area contributed by atoms with Crippen molar-refractivity contribution in [2.24, 2.45) is 45.3 Å². The third-order valence-corrected chi connectivity index (χ3v) is 16.2. The van der Waals surface area contributed by atoms with E-state index in [0.717, 1.165) is 38.5 Å². The van der Waals surface area contributed by atoms with E-state index in [1.807, 2.05) is 13.8 Å². The number of hydrogen-bond acceptors (Lipinski definition) is 12. The lowest BCUT2D eigenvalue weighted by Crippen LogP contribution is -2.61. The molecule has 0 radical (unpaired) electrons. The molecule has 12 nitrogen and oxygen atoms in total. The summed E-state index contributed by atoms with van der Waals surface area (Å²) in [6.07, 6.45) is 11.0. The highest BCUT2D eigenvalue weighted by Gasteiger charge is 2.65. The third kappa shape index (κ3) is 10.9. The molecule has 8 aliphatic carbocycles. The van der Waals surface area contributed by atoms with Crippen LogP contribution in [0.15, 0.2) is 0 Å². The molecule has 10 aliphatic rings. The van der Waals surface area contributed by atoms with E-state index in [1.165, 1.54) is 0 Å². The summed E-state index contributed by atoms with van der Waals surface area (Å²) < 4.78 is 36.7. The second-order valence-corrected chi connectivity index (χ2v) is 23.4. The number of cyclic esters (lactones) is 1. The molecule has 0 amide bonds. The van der Waals surface area contributed by atoms with Gasteiger partial charge in [-0.25, -0.2) is 4.79 Å². The zero-order valence-electron chi connectivity index (χ0n) is 37.0. The zero-order chi connectivity index (χ0) is 42.7. The molecule has 378 valence electrons. The van der Waals surface area contributed by atoms with Crippen LogP contribution in [0.5, 0.6) is 0 Å². The van der Waals surface area contributed by atoms with Crippen LogP contribution in [0.2, 0.25) is 0 Å². The Morgan fingerprint density at radius 1 is 0.662 bits per heavy atom. The van der Waals surface area contributed by atoms with Gasteiger partial charge in [-0.3, -0.25) is 19.2 Å².